The molecule has 0 radical (unpaired) electrons. The number of aliphatic imine (C=N–C) groups is 1. The van der Waals surface area contributed by atoms with Crippen LogP contribution in [-0.2, 0) is 17.6 Å². The monoisotopic (exact) mass is 470 g/mol. The quantitative estimate of drug-likeness (QED) is 0.425. The van der Waals surface area contributed by atoms with Crippen LogP contribution < -0.4 is 5.32 Å². The molecule has 5 rings (SSSR count). The van der Waals surface area contributed by atoms with Crippen LogP contribution in [0.25, 0.3) is 6.08 Å². The van der Waals surface area contributed by atoms with Gasteiger partial charge in [0.2, 0.25) is 5.91 Å². The van der Waals surface area contributed by atoms with Gasteiger partial charge in [0.15, 0.2) is 0 Å². The van der Waals surface area contributed by atoms with Crippen LogP contribution in [0.1, 0.15) is 60.1 Å². The first-order chi connectivity index (χ1) is 16.4. The maximum absolute atomic E-state index is 12.0. The summed E-state index contributed by atoms with van der Waals surface area (Å²) < 4.78 is 0. The Bertz CT molecular complexity index is 1240. The summed E-state index contributed by atoms with van der Waals surface area (Å²) in [6.07, 6.45) is 9.41. The van der Waals surface area contributed by atoms with Crippen LogP contribution in [0.3, 0.4) is 0 Å². The summed E-state index contributed by atoms with van der Waals surface area (Å²) in [4.78, 5) is 16.6. The van der Waals surface area contributed by atoms with Crippen LogP contribution in [0, 0.1) is 6.92 Å². The number of rotatable bonds is 3. The van der Waals surface area contributed by atoms with Gasteiger partial charge in [-0.2, -0.15) is 0 Å². The van der Waals surface area contributed by atoms with Gasteiger partial charge in [-0.25, -0.2) is 0 Å². The van der Waals surface area contributed by atoms with Crippen LogP contribution in [0.5, 0.6) is 0 Å². The van der Waals surface area contributed by atoms with Crippen molar-refractivity contribution in [3.63, 3.8) is 0 Å². The fourth-order valence-corrected chi connectivity index (χ4v) is 4.41. The van der Waals surface area contributed by atoms with Gasteiger partial charge in [0.25, 0.3) is 0 Å². The molecule has 2 aliphatic rings. The topological polar surface area (TPSA) is 41.5 Å². The molecule has 1 N–H and O–H groups in total. The molecule has 0 bridgehead atoms. The highest BCUT2D eigenvalue weighted by atomic mass is 35.5. The van der Waals surface area contributed by atoms with Crippen molar-refractivity contribution in [3.05, 3.63) is 105 Å². The summed E-state index contributed by atoms with van der Waals surface area (Å²) in [5.41, 5.74) is 8.98. The largest absolute Gasteiger partial charge is 0.324 e. The third-order valence-corrected chi connectivity index (χ3v) is 6.38. The highest BCUT2D eigenvalue weighted by Gasteiger charge is 2.22. The van der Waals surface area contributed by atoms with Gasteiger partial charge in [0.1, 0.15) is 6.04 Å². The Hall–Kier alpha value is -3.17. The molecule has 34 heavy (non-hydrogen) atoms. The Morgan fingerprint density at radius 2 is 1.85 bits per heavy atom. The predicted octanol–water partition coefficient (Wildman–Crippen LogP) is 7.42. The summed E-state index contributed by atoms with van der Waals surface area (Å²) in [5, 5.41) is 3.52. The van der Waals surface area contributed by atoms with Gasteiger partial charge >= 0.3 is 0 Å². The van der Waals surface area contributed by atoms with Crippen molar-refractivity contribution in [2.75, 3.05) is 5.32 Å². The number of allylic oxidation sites excluding steroid dienone is 1. The molecule has 1 unspecified atom stereocenters. The first-order valence-corrected chi connectivity index (χ1v) is 12.4. The van der Waals surface area contributed by atoms with Crippen LogP contribution in [0.4, 0.5) is 5.69 Å². The van der Waals surface area contributed by atoms with E-state index in [4.69, 9.17) is 11.6 Å². The lowest BCUT2D eigenvalue weighted by Crippen LogP contribution is -2.22. The van der Waals surface area contributed by atoms with Gasteiger partial charge in [0, 0.05) is 16.1 Å². The molecular weight excluding hydrogens is 440 g/mol. The molecule has 174 valence electrons. The van der Waals surface area contributed by atoms with E-state index in [0.717, 1.165) is 22.5 Å². The minimum Gasteiger partial charge on any atom is -0.324 e. The van der Waals surface area contributed by atoms with Crippen molar-refractivity contribution in [2.45, 2.75) is 52.5 Å². The van der Waals surface area contributed by atoms with E-state index in [1.54, 1.807) is 13.0 Å². The zero-order valence-electron chi connectivity index (χ0n) is 20.1. The Kier molecular flexibility index (Phi) is 7.64. The third-order valence-electron chi connectivity index (χ3n) is 6.15. The number of anilines is 1. The smallest absolute Gasteiger partial charge is 0.248 e. The molecule has 1 amide bonds. The Labute approximate surface area is 207 Å². The molecule has 0 spiro atoms. The first kappa shape index (κ1) is 24.0. The number of hydrogen-bond donors (Lipinski definition) is 1. The number of nitrogens with zero attached hydrogens (tertiary/aromatic N) is 1. The molecule has 4 heteroatoms. The molecule has 1 aliphatic heterocycles. The van der Waals surface area contributed by atoms with Crippen LogP contribution >= 0.6 is 11.6 Å². The Morgan fingerprint density at radius 3 is 2.62 bits per heavy atom. The number of aryl methyl sites for hydroxylation is 3. The van der Waals surface area contributed by atoms with Crippen molar-refractivity contribution < 1.29 is 4.79 Å². The van der Waals surface area contributed by atoms with Crippen molar-refractivity contribution in [2.24, 2.45) is 4.99 Å². The summed E-state index contributed by atoms with van der Waals surface area (Å²) >= 11 is 6.11. The van der Waals surface area contributed by atoms with Crippen molar-refractivity contribution >= 4 is 35.0 Å². The lowest BCUT2D eigenvalue weighted by atomic mass is 9.94. The second-order valence-electron chi connectivity index (χ2n) is 8.92. The average Bonchev–Trinajstić information content (AvgIpc) is 2.96. The van der Waals surface area contributed by atoms with Gasteiger partial charge in [-0.1, -0.05) is 85.1 Å². The predicted molar refractivity (Wildman–Crippen MR) is 144 cm³/mol. The van der Waals surface area contributed by atoms with E-state index in [1.165, 1.54) is 47.9 Å². The van der Waals surface area contributed by atoms with E-state index in [0.29, 0.717) is 5.02 Å². The van der Waals surface area contributed by atoms with Crippen molar-refractivity contribution in [1.29, 1.82) is 0 Å². The molecule has 0 saturated heterocycles. The average molecular weight is 471 g/mol. The summed E-state index contributed by atoms with van der Waals surface area (Å²) in [6, 6.07) is 20.0. The number of benzodiazepines with no additional fused rings is 1. The Balaban J connectivity index is 0.000000180. The normalized spacial score (nSPS) is 16.3. The number of halogens is 1. The minimum absolute atomic E-state index is 0.110. The third kappa shape index (κ3) is 5.66. The summed E-state index contributed by atoms with van der Waals surface area (Å²) in [6.45, 7) is 6.06. The number of fused-ring (bicyclic) bond motifs is 2. The van der Waals surface area contributed by atoms with Gasteiger partial charge < -0.3 is 5.32 Å². The number of carbonyl (C=O) groups is 1. The van der Waals surface area contributed by atoms with Gasteiger partial charge in [0.05, 0.1) is 11.4 Å². The maximum atomic E-state index is 12.0. The molecule has 0 saturated carbocycles. The van der Waals surface area contributed by atoms with Gasteiger partial charge in [-0.15, -0.1) is 0 Å². The molecule has 0 aromatic heterocycles. The van der Waals surface area contributed by atoms with Crippen molar-refractivity contribution in [1.82, 2.24) is 0 Å². The summed E-state index contributed by atoms with van der Waals surface area (Å²) in [5.74, 6) is -0.110. The van der Waals surface area contributed by atoms with Crippen molar-refractivity contribution in [3.8, 4) is 0 Å². The molecule has 1 heterocycles. The molecule has 3 aromatic carbocycles. The van der Waals surface area contributed by atoms with Crippen LogP contribution in [-0.4, -0.2) is 17.7 Å². The fraction of sp³-hybridized carbons (Fsp3) is 0.267. The highest BCUT2D eigenvalue weighted by molar-refractivity contribution is 6.32. The van der Waals surface area contributed by atoms with E-state index < -0.39 is 6.04 Å². The Morgan fingerprint density at radius 1 is 1.06 bits per heavy atom. The van der Waals surface area contributed by atoms with E-state index in [-0.39, 0.29) is 5.91 Å². The lowest BCUT2D eigenvalue weighted by molar-refractivity contribution is -0.116. The molecule has 3 nitrogen and oxygen atoms in total. The number of benzene rings is 3. The number of carbonyl (C=O) groups excluding carboxylic acids is 1. The van der Waals surface area contributed by atoms with E-state index in [9.17, 15) is 4.79 Å². The second-order valence-corrected chi connectivity index (χ2v) is 9.36. The molecule has 1 atom stereocenters. The molecule has 3 aromatic rings. The minimum atomic E-state index is -0.438. The zero-order valence-corrected chi connectivity index (χ0v) is 20.8. The molecular formula is C30H31ClN2O. The standard InChI is InChI=1S/C17H15ClN2O.C13H16/c1-10-3-5-12(6-4-10)16-14-9-13(18)7-8-15(14)20-17(21)11(2)19-16;1-2-5-11-8-9-12-6-3-4-7-13(12)10-11/h3-9,11H,1-2H3,(H,20,21);4,7-10H,2-3,5-6H2,1H3. The maximum Gasteiger partial charge on any atom is 0.248 e. The molecule has 1 aliphatic carbocycles. The summed E-state index contributed by atoms with van der Waals surface area (Å²) in [7, 11) is 0. The lowest BCUT2D eigenvalue weighted by Gasteiger charge is -2.11. The fourth-order valence-electron chi connectivity index (χ4n) is 4.24. The van der Waals surface area contributed by atoms with E-state index in [2.05, 4.69) is 47.6 Å². The first-order valence-electron chi connectivity index (χ1n) is 12.0. The number of nitrogens with one attached hydrogen (secondary N) is 1. The van der Waals surface area contributed by atoms with Crippen LogP contribution in [0.15, 0.2) is 71.7 Å². The zero-order chi connectivity index (χ0) is 24.1. The van der Waals surface area contributed by atoms with Gasteiger partial charge in [-0.3, -0.25) is 9.79 Å². The number of amides is 1. The number of hydrogen-bond acceptors (Lipinski definition) is 2. The SMILES string of the molecule is CCCc1ccc2c(c1)C=CCC2.Cc1ccc(C2=NC(C)C(=O)Nc3ccc(Cl)cc32)cc1. The highest BCUT2D eigenvalue weighted by Crippen LogP contribution is 2.27. The van der Waals surface area contributed by atoms with Gasteiger partial charge in [-0.05, 0) is 68.0 Å². The van der Waals surface area contributed by atoms with Crippen LogP contribution in [0.2, 0.25) is 5.02 Å². The van der Waals surface area contributed by atoms with E-state index >= 15 is 0 Å². The molecule has 0 fully saturated rings. The second kappa shape index (κ2) is 10.8. The van der Waals surface area contributed by atoms with E-state index in [1.807, 2.05) is 43.3 Å².